The fourth-order valence-electron chi connectivity index (χ4n) is 1.47. The lowest BCUT2D eigenvalue weighted by atomic mass is 10.1. The third kappa shape index (κ3) is 4.85. The molecule has 5 heteroatoms. The topological polar surface area (TPSA) is 66.5 Å². The van der Waals surface area contributed by atoms with E-state index in [1.165, 1.54) is 0 Å². The third-order valence-corrected chi connectivity index (χ3v) is 4.24. The van der Waals surface area contributed by atoms with Gasteiger partial charge in [0, 0.05) is 22.1 Å². The molecule has 0 saturated heterocycles. The Balaban J connectivity index is 2.69. The Labute approximate surface area is 111 Å². The van der Waals surface area contributed by atoms with Gasteiger partial charge >= 0.3 is 0 Å². The van der Waals surface area contributed by atoms with Gasteiger partial charge in [0.2, 0.25) is 0 Å². The van der Waals surface area contributed by atoms with E-state index in [2.05, 4.69) is 0 Å². The second kappa shape index (κ2) is 7.24. The van der Waals surface area contributed by atoms with Crippen LogP contribution in [0.3, 0.4) is 0 Å². The maximum absolute atomic E-state index is 9.35. The number of nitrogens with two attached hydrogens (primary N) is 1. The van der Waals surface area contributed by atoms with E-state index in [9.17, 15) is 5.11 Å². The number of thioether (sulfide) groups is 1. The van der Waals surface area contributed by atoms with Crippen LogP contribution in [0.1, 0.15) is 17.7 Å². The Hall–Kier alpha value is -0.260. The van der Waals surface area contributed by atoms with Crippen molar-refractivity contribution in [2.24, 2.45) is 5.73 Å². The summed E-state index contributed by atoms with van der Waals surface area (Å²) in [6.45, 7) is 1.71. The molecule has 0 aliphatic carbocycles. The Kier molecular flexibility index (Phi) is 6.30. The molecule has 1 aromatic carbocycles. The molecule has 0 saturated carbocycles. The van der Waals surface area contributed by atoms with Crippen LogP contribution in [-0.4, -0.2) is 34.7 Å². The molecule has 1 rings (SSSR count). The Morgan fingerprint density at radius 3 is 2.41 bits per heavy atom. The number of aliphatic hydroxyl groups is 2. The molecule has 1 aromatic rings. The van der Waals surface area contributed by atoms with Gasteiger partial charge in [-0.25, -0.2) is 0 Å². The van der Waals surface area contributed by atoms with Crippen molar-refractivity contribution in [3.05, 3.63) is 34.9 Å². The van der Waals surface area contributed by atoms with E-state index in [1.807, 2.05) is 31.2 Å². The highest BCUT2D eigenvalue weighted by molar-refractivity contribution is 7.99. The van der Waals surface area contributed by atoms with Crippen LogP contribution in [0.25, 0.3) is 0 Å². The normalized spacial score (nSPS) is 16.5. The first-order chi connectivity index (χ1) is 8.04. The summed E-state index contributed by atoms with van der Waals surface area (Å²) in [6.07, 6.45) is -0.700. The Morgan fingerprint density at radius 2 is 1.94 bits per heavy atom. The van der Waals surface area contributed by atoms with Crippen molar-refractivity contribution < 1.29 is 10.2 Å². The summed E-state index contributed by atoms with van der Waals surface area (Å²) in [4.78, 5) is 0. The van der Waals surface area contributed by atoms with Crippen molar-refractivity contribution in [2.75, 3.05) is 12.4 Å². The maximum atomic E-state index is 9.35. The summed E-state index contributed by atoms with van der Waals surface area (Å²) >= 11 is 7.38. The molecule has 3 unspecified atom stereocenters. The number of hydrogen-bond acceptors (Lipinski definition) is 4. The van der Waals surface area contributed by atoms with Gasteiger partial charge in [0.05, 0.1) is 12.7 Å². The number of halogens is 1. The fourth-order valence-corrected chi connectivity index (χ4v) is 2.79. The van der Waals surface area contributed by atoms with E-state index in [1.54, 1.807) is 11.8 Å². The highest BCUT2D eigenvalue weighted by atomic mass is 35.5. The molecule has 0 bridgehead atoms. The average molecular weight is 276 g/mol. The second-order valence-corrected chi connectivity index (χ2v) is 5.61. The lowest BCUT2D eigenvalue weighted by Crippen LogP contribution is -2.25. The average Bonchev–Trinajstić information content (AvgIpc) is 2.31. The number of benzene rings is 1. The van der Waals surface area contributed by atoms with E-state index in [0.29, 0.717) is 10.8 Å². The van der Waals surface area contributed by atoms with Crippen molar-refractivity contribution in [1.29, 1.82) is 0 Å². The summed E-state index contributed by atoms with van der Waals surface area (Å²) < 4.78 is 0. The van der Waals surface area contributed by atoms with E-state index >= 15 is 0 Å². The molecule has 3 atom stereocenters. The second-order valence-electron chi connectivity index (χ2n) is 4.00. The minimum atomic E-state index is -0.700. The standard InChI is InChI=1S/C12H18ClNO2S/c1-8(14)12(17-7-11(16)6-15)9-2-4-10(13)5-3-9/h2-5,8,11-12,15-16H,6-7,14H2,1H3. The fraction of sp³-hybridized carbons (Fsp3) is 0.500. The van der Waals surface area contributed by atoms with E-state index < -0.39 is 6.10 Å². The van der Waals surface area contributed by atoms with Gasteiger partial charge in [-0.15, -0.1) is 11.8 Å². The molecule has 0 radical (unpaired) electrons. The minimum absolute atomic E-state index is 0.0351. The first-order valence-corrected chi connectivity index (χ1v) is 6.89. The molecule has 0 spiro atoms. The van der Waals surface area contributed by atoms with E-state index in [-0.39, 0.29) is 17.9 Å². The number of rotatable bonds is 6. The molecule has 17 heavy (non-hydrogen) atoms. The maximum Gasteiger partial charge on any atom is 0.0861 e. The van der Waals surface area contributed by atoms with E-state index in [4.69, 9.17) is 22.4 Å². The summed E-state index contributed by atoms with van der Waals surface area (Å²) in [6, 6.07) is 7.50. The Morgan fingerprint density at radius 1 is 1.35 bits per heavy atom. The van der Waals surface area contributed by atoms with Crippen LogP contribution in [0, 0.1) is 0 Å². The van der Waals surface area contributed by atoms with Crippen LogP contribution in [0.2, 0.25) is 5.02 Å². The zero-order valence-electron chi connectivity index (χ0n) is 9.71. The van der Waals surface area contributed by atoms with Crippen molar-refractivity contribution >= 4 is 23.4 Å². The van der Waals surface area contributed by atoms with Crippen LogP contribution >= 0.6 is 23.4 Å². The highest BCUT2D eigenvalue weighted by Crippen LogP contribution is 2.32. The van der Waals surface area contributed by atoms with Gasteiger partial charge < -0.3 is 15.9 Å². The van der Waals surface area contributed by atoms with Crippen molar-refractivity contribution in [1.82, 2.24) is 0 Å². The predicted molar refractivity (Wildman–Crippen MR) is 73.4 cm³/mol. The lowest BCUT2D eigenvalue weighted by Gasteiger charge is -2.22. The molecule has 0 amide bonds. The van der Waals surface area contributed by atoms with Crippen LogP contribution < -0.4 is 5.73 Å². The summed E-state index contributed by atoms with van der Waals surface area (Å²) in [5.41, 5.74) is 7.02. The summed E-state index contributed by atoms with van der Waals surface area (Å²) in [5.74, 6) is 0.464. The first kappa shape index (κ1) is 14.8. The summed E-state index contributed by atoms with van der Waals surface area (Å²) in [5, 5.41) is 18.9. The third-order valence-electron chi connectivity index (χ3n) is 2.35. The number of hydrogen-bond donors (Lipinski definition) is 3. The smallest absolute Gasteiger partial charge is 0.0861 e. The van der Waals surface area contributed by atoms with Crippen LogP contribution in [-0.2, 0) is 0 Å². The molecule has 0 aliphatic rings. The van der Waals surface area contributed by atoms with E-state index in [0.717, 1.165) is 5.56 Å². The zero-order valence-corrected chi connectivity index (χ0v) is 11.3. The lowest BCUT2D eigenvalue weighted by molar-refractivity contribution is 0.113. The molecular formula is C12H18ClNO2S. The highest BCUT2D eigenvalue weighted by Gasteiger charge is 2.18. The van der Waals surface area contributed by atoms with Crippen molar-refractivity contribution in [3.8, 4) is 0 Å². The van der Waals surface area contributed by atoms with Crippen LogP contribution in [0.15, 0.2) is 24.3 Å². The SMILES string of the molecule is CC(N)C(SCC(O)CO)c1ccc(Cl)cc1. The van der Waals surface area contributed by atoms with Gasteiger partial charge in [-0.2, -0.15) is 0 Å². The molecular weight excluding hydrogens is 258 g/mol. The molecule has 0 fully saturated rings. The minimum Gasteiger partial charge on any atom is -0.394 e. The summed E-state index contributed by atoms with van der Waals surface area (Å²) in [7, 11) is 0. The van der Waals surface area contributed by atoms with Gasteiger partial charge in [0.25, 0.3) is 0 Å². The quantitative estimate of drug-likeness (QED) is 0.741. The molecule has 96 valence electrons. The number of aliphatic hydroxyl groups excluding tert-OH is 2. The Bertz CT molecular complexity index is 332. The zero-order chi connectivity index (χ0) is 12.8. The predicted octanol–water partition coefficient (Wildman–Crippen LogP) is 1.81. The molecule has 0 heterocycles. The monoisotopic (exact) mass is 275 g/mol. The van der Waals surface area contributed by atoms with Crippen molar-refractivity contribution in [3.63, 3.8) is 0 Å². The molecule has 0 aliphatic heterocycles. The van der Waals surface area contributed by atoms with Crippen LogP contribution in [0.4, 0.5) is 0 Å². The van der Waals surface area contributed by atoms with Gasteiger partial charge in [0.15, 0.2) is 0 Å². The largest absolute Gasteiger partial charge is 0.394 e. The van der Waals surface area contributed by atoms with Gasteiger partial charge in [-0.1, -0.05) is 23.7 Å². The van der Waals surface area contributed by atoms with Gasteiger partial charge in [-0.05, 0) is 24.6 Å². The molecule has 3 nitrogen and oxygen atoms in total. The molecule has 0 aromatic heterocycles. The molecule has 4 N–H and O–H groups in total. The van der Waals surface area contributed by atoms with Gasteiger partial charge in [-0.3, -0.25) is 0 Å². The van der Waals surface area contributed by atoms with Crippen molar-refractivity contribution in [2.45, 2.75) is 24.3 Å². The van der Waals surface area contributed by atoms with Crippen LogP contribution in [0.5, 0.6) is 0 Å². The first-order valence-electron chi connectivity index (χ1n) is 5.46. The van der Waals surface area contributed by atoms with Gasteiger partial charge in [0.1, 0.15) is 0 Å².